The number of likely N-dealkylation sites (tertiary alicyclic amines) is 1. The van der Waals surface area contributed by atoms with Gasteiger partial charge in [-0.2, -0.15) is 13.2 Å². The molecule has 0 unspecified atom stereocenters. The van der Waals surface area contributed by atoms with E-state index >= 15 is 0 Å². The molecule has 0 amide bonds. The van der Waals surface area contributed by atoms with Gasteiger partial charge in [0.1, 0.15) is 0 Å². The molecule has 1 spiro atoms. The van der Waals surface area contributed by atoms with E-state index in [0.717, 1.165) is 60.9 Å². The number of halogens is 4. The molecule has 0 saturated carbocycles. The molecule has 1 N–H and O–H groups in total. The van der Waals surface area contributed by atoms with Crippen molar-refractivity contribution < 1.29 is 13.2 Å². The van der Waals surface area contributed by atoms with Crippen LogP contribution < -0.4 is 5.32 Å². The van der Waals surface area contributed by atoms with Crippen LogP contribution in [0, 0.1) is 6.92 Å². The Morgan fingerprint density at radius 2 is 1.82 bits per heavy atom. The zero-order chi connectivity index (χ0) is 24.2. The third kappa shape index (κ3) is 5.64. The van der Waals surface area contributed by atoms with Gasteiger partial charge in [-0.3, -0.25) is 0 Å². The fourth-order valence-corrected chi connectivity index (χ4v) is 5.00. The van der Waals surface area contributed by atoms with Gasteiger partial charge in [0.25, 0.3) is 0 Å². The Kier molecular flexibility index (Phi) is 7.96. The average Bonchev–Trinajstić information content (AvgIpc) is 3.01. The summed E-state index contributed by atoms with van der Waals surface area (Å²) in [6.07, 6.45) is 0.884. The van der Waals surface area contributed by atoms with Crippen molar-refractivity contribution in [3.63, 3.8) is 0 Å². The number of alkyl halides is 3. The van der Waals surface area contributed by atoms with Gasteiger partial charge in [0.2, 0.25) is 0 Å². The van der Waals surface area contributed by atoms with Gasteiger partial charge < -0.3 is 10.2 Å². The van der Waals surface area contributed by atoms with Crippen LogP contribution in [0.5, 0.6) is 0 Å². The molecule has 0 aliphatic carbocycles. The lowest BCUT2D eigenvalue weighted by Gasteiger charge is -2.40. The molecular weight excluding hydrogens is 445 g/mol. The summed E-state index contributed by atoms with van der Waals surface area (Å²) in [5.41, 5.74) is 3.80. The highest BCUT2D eigenvalue weighted by molar-refractivity contribution is 6.30. The predicted molar refractivity (Wildman–Crippen MR) is 132 cm³/mol. The highest BCUT2D eigenvalue weighted by atomic mass is 35.5. The Labute approximate surface area is 200 Å². The maximum atomic E-state index is 13.1. The maximum Gasteiger partial charge on any atom is 0.416 e. The van der Waals surface area contributed by atoms with E-state index in [1.165, 1.54) is 18.6 Å². The summed E-state index contributed by atoms with van der Waals surface area (Å²) in [6, 6.07) is 10.6. The van der Waals surface area contributed by atoms with Crippen LogP contribution in [-0.4, -0.2) is 24.5 Å². The molecule has 6 heteroatoms. The van der Waals surface area contributed by atoms with E-state index in [2.05, 4.69) is 23.4 Å². The van der Waals surface area contributed by atoms with Crippen LogP contribution in [0.2, 0.25) is 5.02 Å². The van der Waals surface area contributed by atoms with Crippen molar-refractivity contribution >= 4 is 17.3 Å². The molecule has 0 radical (unpaired) electrons. The maximum absolute atomic E-state index is 13.1. The summed E-state index contributed by atoms with van der Waals surface area (Å²) in [5.74, 6) is 0. The van der Waals surface area contributed by atoms with E-state index < -0.39 is 11.7 Å². The number of allylic oxidation sites excluding steroid dienone is 2. The standard InChI is InChI=1S/C24H26ClF3N2.C3H6/c1-16-5-6-18(14-20(16)24(26,27)28)4-3-11-30-12-9-23(10-13-30)17(2)29-22-8-7-19(25)15-21(22)23;1-3-2/h5-8,14-15,29H,2-4,9-13H2,1H3;3H,1H2,2H3. The minimum absolute atomic E-state index is 0.0741. The summed E-state index contributed by atoms with van der Waals surface area (Å²) >= 11 is 6.24. The van der Waals surface area contributed by atoms with Crippen molar-refractivity contribution in [3.8, 4) is 0 Å². The molecule has 2 heterocycles. The number of piperidine rings is 1. The first-order chi connectivity index (χ1) is 15.6. The highest BCUT2D eigenvalue weighted by Gasteiger charge is 2.44. The number of benzene rings is 2. The Bertz CT molecular complexity index is 1000. The fourth-order valence-electron chi connectivity index (χ4n) is 4.83. The number of nitrogens with zero attached hydrogens (tertiary/aromatic N) is 1. The predicted octanol–water partition coefficient (Wildman–Crippen LogP) is 7.77. The molecule has 0 aromatic heterocycles. The zero-order valence-corrected chi connectivity index (χ0v) is 20.1. The fraction of sp³-hybridized carbons (Fsp3) is 0.407. The summed E-state index contributed by atoms with van der Waals surface area (Å²) in [5, 5.41) is 4.16. The zero-order valence-electron chi connectivity index (χ0n) is 19.4. The topological polar surface area (TPSA) is 15.3 Å². The minimum Gasteiger partial charge on any atom is -0.358 e. The van der Waals surface area contributed by atoms with Gasteiger partial charge in [0.05, 0.1) is 5.56 Å². The van der Waals surface area contributed by atoms with E-state index in [-0.39, 0.29) is 11.0 Å². The molecule has 0 bridgehead atoms. The third-order valence-electron chi connectivity index (χ3n) is 6.62. The molecule has 33 heavy (non-hydrogen) atoms. The number of fused-ring (bicyclic) bond motifs is 2. The second kappa shape index (κ2) is 10.4. The molecule has 2 aromatic rings. The number of aryl methyl sites for hydroxylation is 2. The number of anilines is 1. The highest BCUT2D eigenvalue weighted by Crippen LogP contribution is 2.50. The molecule has 2 aliphatic heterocycles. The lowest BCUT2D eigenvalue weighted by atomic mass is 9.72. The Morgan fingerprint density at radius 1 is 1.15 bits per heavy atom. The van der Waals surface area contributed by atoms with Gasteiger partial charge in [-0.15, -0.1) is 6.58 Å². The monoisotopic (exact) mass is 476 g/mol. The van der Waals surface area contributed by atoms with Crippen molar-refractivity contribution in [1.82, 2.24) is 4.90 Å². The molecular formula is C27H32ClF3N2. The second-order valence-electron chi connectivity index (χ2n) is 8.88. The van der Waals surface area contributed by atoms with Gasteiger partial charge in [0, 0.05) is 21.8 Å². The van der Waals surface area contributed by atoms with E-state index in [1.54, 1.807) is 12.1 Å². The van der Waals surface area contributed by atoms with E-state index in [0.29, 0.717) is 6.42 Å². The van der Waals surface area contributed by atoms with Crippen molar-refractivity contribution in [1.29, 1.82) is 0 Å². The Morgan fingerprint density at radius 3 is 2.45 bits per heavy atom. The largest absolute Gasteiger partial charge is 0.416 e. The van der Waals surface area contributed by atoms with Crippen LogP contribution in [0.3, 0.4) is 0 Å². The SMILES string of the molecule is C=C1Nc2ccc(Cl)cc2C12CCN(CCCc1ccc(C)c(C(F)(F)F)c1)CC2.C=CC. The van der Waals surface area contributed by atoms with Gasteiger partial charge in [-0.05, 0) is 100 Å². The van der Waals surface area contributed by atoms with Crippen molar-refractivity contribution in [2.24, 2.45) is 0 Å². The smallest absolute Gasteiger partial charge is 0.358 e. The molecule has 4 rings (SSSR count). The first-order valence-electron chi connectivity index (χ1n) is 11.3. The van der Waals surface area contributed by atoms with Crippen molar-refractivity contribution in [2.75, 3.05) is 25.0 Å². The number of rotatable bonds is 4. The van der Waals surface area contributed by atoms with Crippen LogP contribution in [0.25, 0.3) is 0 Å². The normalized spacial score (nSPS) is 17.2. The molecule has 1 fully saturated rings. The second-order valence-corrected chi connectivity index (χ2v) is 9.31. The Balaban J connectivity index is 0.000000968. The number of nitrogens with one attached hydrogen (secondary N) is 1. The molecule has 2 aromatic carbocycles. The van der Waals surface area contributed by atoms with Gasteiger partial charge >= 0.3 is 6.18 Å². The van der Waals surface area contributed by atoms with Gasteiger partial charge in [-0.1, -0.05) is 36.4 Å². The van der Waals surface area contributed by atoms with Crippen molar-refractivity contribution in [2.45, 2.75) is 51.1 Å². The average molecular weight is 477 g/mol. The molecule has 0 atom stereocenters. The lowest BCUT2D eigenvalue weighted by molar-refractivity contribution is -0.138. The van der Waals surface area contributed by atoms with E-state index in [9.17, 15) is 13.2 Å². The molecule has 2 aliphatic rings. The van der Waals surface area contributed by atoms with Crippen LogP contribution in [0.4, 0.5) is 18.9 Å². The first-order valence-corrected chi connectivity index (χ1v) is 11.7. The Hall–Kier alpha value is -2.24. The summed E-state index contributed by atoms with van der Waals surface area (Å²) in [7, 11) is 0. The van der Waals surface area contributed by atoms with Crippen LogP contribution >= 0.6 is 11.6 Å². The summed E-state index contributed by atoms with van der Waals surface area (Å²) < 4.78 is 39.4. The third-order valence-corrected chi connectivity index (χ3v) is 6.85. The van der Waals surface area contributed by atoms with Crippen LogP contribution in [-0.2, 0) is 18.0 Å². The quantitative estimate of drug-likeness (QED) is 0.453. The van der Waals surface area contributed by atoms with Crippen LogP contribution in [0.15, 0.2) is 61.3 Å². The summed E-state index contributed by atoms with van der Waals surface area (Å²) in [6.45, 7) is 13.8. The van der Waals surface area contributed by atoms with Crippen LogP contribution in [0.1, 0.15) is 48.4 Å². The molecule has 1 saturated heterocycles. The summed E-state index contributed by atoms with van der Waals surface area (Å²) in [4.78, 5) is 2.40. The minimum atomic E-state index is -4.29. The number of hydrogen-bond acceptors (Lipinski definition) is 2. The molecule has 178 valence electrons. The number of hydrogen-bond donors (Lipinski definition) is 1. The van der Waals surface area contributed by atoms with E-state index in [4.69, 9.17) is 11.6 Å². The van der Waals surface area contributed by atoms with E-state index in [1.807, 2.05) is 31.2 Å². The molecule has 2 nitrogen and oxygen atoms in total. The first kappa shape index (κ1) is 25.4. The van der Waals surface area contributed by atoms with Gasteiger partial charge in [0.15, 0.2) is 0 Å². The van der Waals surface area contributed by atoms with Gasteiger partial charge in [-0.25, -0.2) is 0 Å². The van der Waals surface area contributed by atoms with Crippen molar-refractivity contribution in [3.05, 3.63) is 88.6 Å². The lowest BCUT2D eigenvalue weighted by Crippen LogP contribution is -2.43.